The lowest BCUT2D eigenvalue weighted by atomic mass is 10.0. The second-order valence-electron chi connectivity index (χ2n) is 19.1. The Balaban J connectivity index is 0.000000126. The summed E-state index contributed by atoms with van der Waals surface area (Å²) in [5.74, 6) is -0.502. The van der Waals surface area contributed by atoms with Crippen molar-refractivity contribution < 1.29 is 9.59 Å². The molecule has 0 saturated carbocycles. The fourth-order valence-electron chi connectivity index (χ4n) is 9.94. The third-order valence-electron chi connectivity index (χ3n) is 14.0. The highest BCUT2D eigenvalue weighted by atomic mass is 35.5. The number of nitrogens with two attached hydrogens (primary N) is 1. The Labute approximate surface area is 456 Å². The van der Waals surface area contributed by atoms with Crippen molar-refractivity contribution in [1.29, 1.82) is 10.5 Å². The van der Waals surface area contributed by atoms with Crippen molar-refractivity contribution in [1.82, 2.24) is 48.5 Å². The van der Waals surface area contributed by atoms with Gasteiger partial charge in [-0.15, -0.1) is 0 Å². The van der Waals surface area contributed by atoms with Gasteiger partial charge in [-0.25, -0.2) is 15.0 Å². The van der Waals surface area contributed by atoms with E-state index in [1.165, 1.54) is 29.4 Å². The molecule has 382 valence electrons. The summed E-state index contributed by atoms with van der Waals surface area (Å²) in [6.07, 6.45) is 11.3. The molecule has 1 saturated heterocycles. The van der Waals surface area contributed by atoms with Crippen LogP contribution in [0.2, 0.25) is 10.0 Å². The van der Waals surface area contributed by atoms with Crippen molar-refractivity contribution in [2.45, 2.75) is 19.4 Å². The maximum absolute atomic E-state index is 11.7. The number of rotatable bonds is 6. The van der Waals surface area contributed by atoms with Crippen LogP contribution < -0.4 is 11.1 Å². The number of amides is 2. The number of hydrogen-bond donors (Lipinski definition) is 2. The number of hydrogen-bond acceptors (Lipinski definition) is 11. The number of aromatic nitrogens is 9. The number of benzene rings is 6. The Kier molecular flexibility index (Phi) is 13.4. The number of halogens is 2. The first-order chi connectivity index (χ1) is 37.7. The van der Waals surface area contributed by atoms with Crippen LogP contribution in [0.1, 0.15) is 35.2 Å². The fourth-order valence-corrected chi connectivity index (χ4v) is 10.4. The number of fused-ring (bicyclic) bond motifs is 6. The molecule has 1 fully saturated rings. The minimum atomic E-state index is -0.608. The lowest BCUT2D eigenvalue weighted by Gasteiger charge is -2.17. The zero-order chi connectivity index (χ0) is 54.4. The van der Waals surface area contributed by atoms with Crippen LogP contribution in [0.25, 0.3) is 99.2 Å². The summed E-state index contributed by atoms with van der Waals surface area (Å²) in [6, 6.07) is 40.4. The average molecular weight is 1070 g/mol. The molecule has 3 N–H and O–H groups in total. The van der Waals surface area contributed by atoms with Crippen LogP contribution in [0.15, 0.2) is 146 Å². The number of nitrogens with one attached hydrogen (secondary N) is 1. The van der Waals surface area contributed by atoms with E-state index < -0.39 is 5.91 Å². The van der Waals surface area contributed by atoms with Crippen molar-refractivity contribution in [2.75, 3.05) is 18.4 Å². The molecule has 16 nitrogen and oxygen atoms in total. The van der Waals surface area contributed by atoms with E-state index in [0.29, 0.717) is 55.6 Å². The first-order valence-electron chi connectivity index (χ1n) is 24.7. The van der Waals surface area contributed by atoms with E-state index in [1.54, 1.807) is 19.1 Å². The maximum atomic E-state index is 11.7. The minimum absolute atomic E-state index is 0.106. The topological polar surface area (TPSA) is 215 Å². The Morgan fingerprint density at radius 3 is 1.46 bits per heavy atom. The van der Waals surface area contributed by atoms with Crippen LogP contribution in [0.4, 0.5) is 5.69 Å². The Hall–Kier alpha value is -9.74. The van der Waals surface area contributed by atoms with Gasteiger partial charge in [-0.05, 0) is 112 Å². The zero-order valence-corrected chi connectivity index (χ0v) is 44.1. The summed E-state index contributed by atoms with van der Waals surface area (Å²) in [5.41, 5.74) is 19.9. The van der Waals surface area contributed by atoms with Gasteiger partial charge in [0.1, 0.15) is 17.8 Å². The third-order valence-corrected chi connectivity index (χ3v) is 14.4. The molecule has 13 rings (SSSR count). The number of primary amides is 1. The molecule has 0 spiro atoms. The number of carbonyl (C=O) groups is 2. The molecule has 1 unspecified atom stereocenters. The Bertz CT molecular complexity index is 4490. The predicted molar refractivity (Wildman–Crippen MR) is 307 cm³/mol. The van der Waals surface area contributed by atoms with E-state index in [4.69, 9.17) is 34.2 Å². The van der Waals surface area contributed by atoms with Gasteiger partial charge in [0.15, 0.2) is 11.4 Å². The Morgan fingerprint density at radius 1 is 0.590 bits per heavy atom. The molecule has 7 heterocycles. The van der Waals surface area contributed by atoms with Crippen LogP contribution in [-0.2, 0) is 25.9 Å². The highest BCUT2D eigenvalue weighted by Crippen LogP contribution is 2.36. The van der Waals surface area contributed by atoms with Gasteiger partial charge in [0.05, 0.1) is 51.7 Å². The SMILES string of the molecule is CC(=O)N1CCC(Nc2cc(-c3ccc4ccn(C)c4c3)c3nc(C#N)cnc3c2)C1.Cn1ccc2ccc(-c3cc(Cl)cc4ncc(C#N)nc34)cc21.Cn1ccc2ccc(-c3cc(Cl)cc4ncc(C(N)=O)nc34)cc21. The largest absolute Gasteiger partial charge is 0.380 e. The van der Waals surface area contributed by atoms with E-state index >= 15 is 0 Å². The maximum Gasteiger partial charge on any atom is 0.268 e. The number of aryl methyl sites for hydroxylation is 3. The molecule has 18 heteroatoms. The summed E-state index contributed by atoms with van der Waals surface area (Å²) in [6.45, 7) is 3.07. The molecule has 0 aliphatic carbocycles. The number of likely N-dealkylation sites (tertiary alicyclic amines) is 1. The Morgan fingerprint density at radius 2 is 1.03 bits per heavy atom. The summed E-state index contributed by atoms with van der Waals surface area (Å²) in [5, 5.41) is 26.6. The number of nitriles is 2. The van der Waals surface area contributed by atoms with Gasteiger partial charge in [0.2, 0.25) is 5.91 Å². The van der Waals surface area contributed by atoms with E-state index in [0.717, 1.165) is 79.5 Å². The van der Waals surface area contributed by atoms with E-state index in [-0.39, 0.29) is 17.6 Å². The first kappa shape index (κ1) is 50.4. The molecule has 12 aromatic rings. The van der Waals surface area contributed by atoms with Crippen molar-refractivity contribution in [3.8, 4) is 45.5 Å². The van der Waals surface area contributed by atoms with Crippen molar-refractivity contribution in [3.63, 3.8) is 0 Å². The molecule has 6 aromatic heterocycles. The van der Waals surface area contributed by atoms with Gasteiger partial charge >= 0.3 is 0 Å². The lowest BCUT2D eigenvalue weighted by molar-refractivity contribution is -0.127. The first-order valence-corrected chi connectivity index (χ1v) is 25.5. The van der Waals surface area contributed by atoms with E-state index in [2.05, 4.69) is 111 Å². The second kappa shape index (κ2) is 20.8. The average Bonchev–Trinajstić information content (AvgIpc) is 4.27. The van der Waals surface area contributed by atoms with Gasteiger partial charge in [0, 0.05) is 115 Å². The van der Waals surface area contributed by atoms with Crippen LogP contribution >= 0.6 is 23.2 Å². The monoisotopic (exact) mass is 1060 g/mol. The van der Waals surface area contributed by atoms with Gasteiger partial charge in [-0.1, -0.05) is 59.6 Å². The number of nitrogens with zero attached hydrogens (tertiary/aromatic N) is 12. The summed E-state index contributed by atoms with van der Waals surface area (Å²) in [4.78, 5) is 51.4. The van der Waals surface area contributed by atoms with Crippen LogP contribution in [-0.4, -0.2) is 79.5 Å². The summed E-state index contributed by atoms with van der Waals surface area (Å²) < 4.78 is 6.20. The molecule has 2 amide bonds. The van der Waals surface area contributed by atoms with Crippen LogP contribution in [0.3, 0.4) is 0 Å². The smallest absolute Gasteiger partial charge is 0.268 e. The van der Waals surface area contributed by atoms with Crippen LogP contribution in [0.5, 0.6) is 0 Å². The molecule has 78 heavy (non-hydrogen) atoms. The van der Waals surface area contributed by atoms with Gasteiger partial charge in [-0.2, -0.15) is 10.5 Å². The molecular weight excluding hydrogens is 1020 g/mol. The highest BCUT2D eigenvalue weighted by Gasteiger charge is 2.25. The normalized spacial score (nSPS) is 13.1. The third kappa shape index (κ3) is 9.97. The summed E-state index contributed by atoms with van der Waals surface area (Å²) >= 11 is 12.5. The second-order valence-corrected chi connectivity index (χ2v) is 20.0. The minimum Gasteiger partial charge on any atom is -0.380 e. The van der Waals surface area contributed by atoms with Crippen molar-refractivity contribution in [2.24, 2.45) is 26.9 Å². The van der Waals surface area contributed by atoms with Crippen molar-refractivity contribution in [3.05, 3.63) is 174 Å². The fraction of sp³-hybridized carbons (Fsp3) is 0.133. The molecule has 1 aliphatic heterocycles. The van der Waals surface area contributed by atoms with Crippen molar-refractivity contribution >= 4 is 107 Å². The van der Waals surface area contributed by atoms with E-state index in [9.17, 15) is 14.9 Å². The number of carbonyl (C=O) groups excluding carboxylic acids is 2. The molecule has 0 radical (unpaired) electrons. The lowest BCUT2D eigenvalue weighted by Crippen LogP contribution is -2.29. The standard InChI is InChI=1S/C24H22N6O.C18H13ClN4O.C18H11ClN4/c1-15(31)30-8-6-18(14-30)27-19-10-21(24-22(11-19)26-13-20(12-25)28-24)17-4-3-16-5-7-29(2)23(16)9-17;1-23-5-4-10-2-3-11(6-16(10)23)13-7-12(19)8-14-17(13)22-15(9-21-14)18(20)24;1-23-5-4-11-2-3-12(6-17(11)23)15-7-13(19)8-16-18(15)22-14(9-20)10-21-16/h3-5,7,9-11,13,18,27H,6,8,14H2,1-2H3;2-9H,1H3,(H2,20,24);2-8,10H,1H3. The molecular formula is C60H46Cl2N14O2. The molecule has 6 aromatic carbocycles. The van der Waals surface area contributed by atoms with Gasteiger partial charge < -0.3 is 29.7 Å². The van der Waals surface area contributed by atoms with E-state index in [1.807, 2.05) is 91.7 Å². The van der Waals surface area contributed by atoms with Gasteiger partial charge in [0.25, 0.3) is 5.91 Å². The molecule has 1 atom stereocenters. The molecule has 1 aliphatic rings. The quantitative estimate of drug-likeness (QED) is 0.160. The van der Waals surface area contributed by atoms with Crippen LogP contribution in [0, 0.1) is 22.7 Å². The molecule has 0 bridgehead atoms. The zero-order valence-electron chi connectivity index (χ0n) is 42.6. The highest BCUT2D eigenvalue weighted by molar-refractivity contribution is 6.32. The van der Waals surface area contributed by atoms with Gasteiger partial charge in [-0.3, -0.25) is 24.5 Å². The summed E-state index contributed by atoms with van der Waals surface area (Å²) in [7, 11) is 6.03. The predicted octanol–water partition coefficient (Wildman–Crippen LogP) is 11.5. The number of anilines is 1.